The molecule has 1 heterocycles. The number of ketones is 1. The number of nitrogens with zero attached hydrogens (tertiary/aromatic N) is 1. The lowest BCUT2D eigenvalue weighted by Crippen LogP contribution is -2.03. The number of hydrogen-bond acceptors (Lipinski definition) is 4. The lowest BCUT2D eigenvalue weighted by Gasteiger charge is -1.89. The number of aromatic carboxylic acids is 1. The third-order valence-corrected chi connectivity index (χ3v) is 2.87. The number of aromatic nitrogens is 1. The zero-order valence-electron chi connectivity index (χ0n) is 8.03. The van der Waals surface area contributed by atoms with Gasteiger partial charge >= 0.3 is 5.97 Å². The summed E-state index contributed by atoms with van der Waals surface area (Å²) in [7, 11) is 0. The molecule has 1 rings (SSSR count). The highest BCUT2D eigenvalue weighted by molar-refractivity contribution is 7.14. The van der Waals surface area contributed by atoms with Gasteiger partial charge in [0.2, 0.25) is 0 Å². The Balaban J connectivity index is 3.12. The average molecular weight is 213 g/mol. The zero-order valence-corrected chi connectivity index (χ0v) is 8.85. The minimum absolute atomic E-state index is 0.106. The lowest BCUT2D eigenvalue weighted by molar-refractivity contribution is 0.0687. The van der Waals surface area contributed by atoms with Gasteiger partial charge < -0.3 is 5.11 Å². The van der Waals surface area contributed by atoms with Crippen molar-refractivity contribution in [1.82, 2.24) is 4.98 Å². The Bertz CT molecular complexity index is 339. The average Bonchev–Trinajstić information content (AvgIpc) is 2.49. The highest BCUT2D eigenvalue weighted by atomic mass is 32.1. The first kappa shape index (κ1) is 10.8. The van der Waals surface area contributed by atoms with Crippen molar-refractivity contribution in [3.8, 4) is 0 Å². The molecule has 1 aromatic heterocycles. The Morgan fingerprint density at radius 1 is 1.50 bits per heavy atom. The maximum absolute atomic E-state index is 11.1. The predicted molar refractivity (Wildman–Crippen MR) is 53.1 cm³/mol. The largest absolute Gasteiger partial charge is 0.476 e. The first-order chi connectivity index (χ1) is 6.56. The molecule has 4 nitrogen and oxygen atoms in total. The molecule has 1 N–H and O–H groups in total. The third-order valence-electron chi connectivity index (χ3n) is 1.66. The van der Waals surface area contributed by atoms with Crippen LogP contribution in [-0.2, 0) is 6.42 Å². The molecule has 0 amide bonds. The van der Waals surface area contributed by atoms with Crippen molar-refractivity contribution in [2.75, 3.05) is 0 Å². The molecule has 0 unspecified atom stereocenters. The normalized spacial score (nSPS) is 10.1. The van der Waals surface area contributed by atoms with Crippen molar-refractivity contribution in [2.24, 2.45) is 0 Å². The number of carbonyl (C=O) groups excluding carboxylic acids is 1. The quantitative estimate of drug-likeness (QED) is 0.777. The van der Waals surface area contributed by atoms with Gasteiger partial charge in [-0.2, -0.15) is 0 Å². The number of carbonyl (C=O) groups is 2. The number of Topliss-reactive ketones (excluding diaryl/α,β-unsaturated/α-hetero) is 1. The molecule has 0 saturated carbocycles. The van der Waals surface area contributed by atoms with Gasteiger partial charge in [-0.05, 0) is 12.8 Å². The van der Waals surface area contributed by atoms with E-state index in [1.807, 2.05) is 6.92 Å². The fraction of sp³-hybridized carbons (Fsp3) is 0.444. The minimum atomic E-state index is -1.13. The smallest absolute Gasteiger partial charge is 0.356 e. The first-order valence-corrected chi connectivity index (χ1v) is 5.11. The topological polar surface area (TPSA) is 67.3 Å². The number of hydrogen-bond donors (Lipinski definition) is 1. The molecule has 0 aromatic carbocycles. The van der Waals surface area contributed by atoms with E-state index in [1.54, 1.807) is 0 Å². The van der Waals surface area contributed by atoms with Gasteiger partial charge in [0.25, 0.3) is 0 Å². The minimum Gasteiger partial charge on any atom is -0.476 e. The van der Waals surface area contributed by atoms with Crippen LogP contribution >= 0.6 is 11.3 Å². The van der Waals surface area contributed by atoms with E-state index >= 15 is 0 Å². The van der Waals surface area contributed by atoms with Gasteiger partial charge in [-0.3, -0.25) is 4.79 Å². The summed E-state index contributed by atoms with van der Waals surface area (Å²) in [4.78, 5) is 26.0. The molecule has 0 aliphatic heterocycles. The molecular weight excluding hydrogens is 202 g/mol. The van der Waals surface area contributed by atoms with Crippen LogP contribution in [0, 0.1) is 0 Å². The molecule has 1 aromatic rings. The highest BCUT2D eigenvalue weighted by Crippen LogP contribution is 2.20. The fourth-order valence-electron chi connectivity index (χ4n) is 1.07. The van der Waals surface area contributed by atoms with Gasteiger partial charge in [-0.25, -0.2) is 9.78 Å². The zero-order chi connectivity index (χ0) is 10.7. The van der Waals surface area contributed by atoms with Gasteiger partial charge in [0, 0.05) is 6.92 Å². The van der Waals surface area contributed by atoms with Crippen LogP contribution in [0.4, 0.5) is 0 Å². The second-order valence-electron chi connectivity index (χ2n) is 2.90. The summed E-state index contributed by atoms with van der Waals surface area (Å²) in [6.07, 6.45) is 1.61. The highest BCUT2D eigenvalue weighted by Gasteiger charge is 2.19. The second kappa shape index (κ2) is 4.32. The van der Waals surface area contributed by atoms with Gasteiger partial charge in [0.1, 0.15) is 4.88 Å². The van der Waals surface area contributed by atoms with Crippen LogP contribution in [0.25, 0.3) is 0 Å². The van der Waals surface area contributed by atoms with E-state index in [0.29, 0.717) is 0 Å². The molecule has 0 bridgehead atoms. The second-order valence-corrected chi connectivity index (χ2v) is 3.98. The molecule has 0 atom stereocenters. The Morgan fingerprint density at radius 3 is 2.50 bits per heavy atom. The summed E-state index contributed by atoms with van der Waals surface area (Å²) < 4.78 is 0. The summed E-state index contributed by atoms with van der Waals surface area (Å²) >= 11 is 1.18. The van der Waals surface area contributed by atoms with Crippen LogP contribution < -0.4 is 0 Å². The molecule has 0 aliphatic carbocycles. The van der Waals surface area contributed by atoms with E-state index in [-0.39, 0.29) is 16.4 Å². The van der Waals surface area contributed by atoms with Crippen LogP contribution in [0.2, 0.25) is 0 Å². The molecular formula is C9H11NO3S. The molecule has 0 fully saturated rings. The number of aryl methyl sites for hydroxylation is 1. The van der Waals surface area contributed by atoms with Crippen LogP contribution in [0.15, 0.2) is 0 Å². The molecule has 0 radical (unpaired) electrons. The Labute approximate surface area is 85.6 Å². The van der Waals surface area contributed by atoms with E-state index in [4.69, 9.17) is 5.11 Å². The van der Waals surface area contributed by atoms with Gasteiger partial charge in [0.05, 0.1) is 5.01 Å². The van der Waals surface area contributed by atoms with Crippen LogP contribution in [0.1, 0.15) is 45.4 Å². The number of carboxylic acids is 1. The standard InChI is InChI=1S/C9H11NO3S/c1-3-4-6-10-7(9(12)13)8(14-6)5(2)11/h3-4H2,1-2H3,(H,12,13). The monoisotopic (exact) mass is 213 g/mol. The molecule has 5 heteroatoms. The molecule has 0 saturated heterocycles. The van der Waals surface area contributed by atoms with E-state index in [1.165, 1.54) is 18.3 Å². The molecule has 0 spiro atoms. The number of thiazole rings is 1. The summed E-state index contributed by atoms with van der Waals surface area (Å²) in [5, 5.41) is 9.51. The predicted octanol–water partition coefficient (Wildman–Crippen LogP) is 2.00. The van der Waals surface area contributed by atoms with Crippen LogP contribution in [-0.4, -0.2) is 21.8 Å². The van der Waals surface area contributed by atoms with Crippen LogP contribution in [0.5, 0.6) is 0 Å². The van der Waals surface area contributed by atoms with Gasteiger partial charge in [-0.15, -0.1) is 11.3 Å². The molecule has 76 valence electrons. The summed E-state index contributed by atoms with van der Waals surface area (Å²) in [5.74, 6) is -1.36. The Kier molecular flexibility index (Phi) is 3.35. The first-order valence-electron chi connectivity index (χ1n) is 4.30. The molecule has 14 heavy (non-hydrogen) atoms. The van der Waals surface area contributed by atoms with Crippen molar-refractivity contribution in [2.45, 2.75) is 26.7 Å². The van der Waals surface area contributed by atoms with Crippen LogP contribution in [0.3, 0.4) is 0 Å². The number of rotatable bonds is 4. The molecule has 0 aliphatic rings. The third kappa shape index (κ3) is 2.17. The van der Waals surface area contributed by atoms with E-state index in [0.717, 1.165) is 17.8 Å². The van der Waals surface area contributed by atoms with Crippen molar-refractivity contribution in [3.63, 3.8) is 0 Å². The summed E-state index contributed by atoms with van der Waals surface area (Å²) in [6, 6.07) is 0. The maximum atomic E-state index is 11.1. The van der Waals surface area contributed by atoms with Crippen molar-refractivity contribution < 1.29 is 14.7 Å². The fourth-order valence-corrected chi connectivity index (χ4v) is 2.12. The van der Waals surface area contributed by atoms with Gasteiger partial charge in [0.15, 0.2) is 11.5 Å². The Hall–Kier alpha value is -1.23. The number of carboxylic acid groups (broad SMARTS) is 1. The van der Waals surface area contributed by atoms with E-state index < -0.39 is 5.97 Å². The van der Waals surface area contributed by atoms with Crippen molar-refractivity contribution in [3.05, 3.63) is 15.6 Å². The lowest BCUT2D eigenvalue weighted by atomic mass is 10.3. The van der Waals surface area contributed by atoms with Crippen molar-refractivity contribution in [1.29, 1.82) is 0 Å². The SMILES string of the molecule is CCCc1nc(C(=O)O)c(C(C)=O)s1. The maximum Gasteiger partial charge on any atom is 0.356 e. The summed E-state index contributed by atoms with van der Waals surface area (Å²) in [6.45, 7) is 3.34. The summed E-state index contributed by atoms with van der Waals surface area (Å²) in [5.41, 5.74) is -0.106. The van der Waals surface area contributed by atoms with Gasteiger partial charge in [-0.1, -0.05) is 6.92 Å². The Morgan fingerprint density at radius 2 is 2.14 bits per heavy atom. The van der Waals surface area contributed by atoms with E-state index in [2.05, 4.69) is 4.98 Å². The van der Waals surface area contributed by atoms with Crippen molar-refractivity contribution >= 4 is 23.1 Å². The van der Waals surface area contributed by atoms with E-state index in [9.17, 15) is 9.59 Å².